The molecule has 164 valence electrons. The molecule has 1 saturated carbocycles. The summed E-state index contributed by atoms with van der Waals surface area (Å²) in [6.07, 6.45) is 4.12. The van der Waals surface area contributed by atoms with E-state index in [4.69, 9.17) is 0 Å². The van der Waals surface area contributed by atoms with E-state index in [0.717, 1.165) is 42.5 Å². The summed E-state index contributed by atoms with van der Waals surface area (Å²) in [5.74, 6) is -0.0761. The SMILES string of the molecule is Cc1cccc(NC(=O)NCCNC(=O)c2ccc(NC(=O)C3CCCC3)cc2)c1C. The van der Waals surface area contributed by atoms with Gasteiger partial charge in [-0.25, -0.2) is 4.79 Å². The Morgan fingerprint density at radius 3 is 2.26 bits per heavy atom. The van der Waals surface area contributed by atoms with Crippen LogP contribution in [-0.2, 0) is 4.79 Å². The van der Waals surface area contributed by atoms with Crippen LogP contribution in [0.3, 0.4) is 0 Å². The first-order valence-electron chi connectivity index (χ1n) is 10.7. The summed E-state index contributed by atoms with van der Waals surface area (Å²) >= 11 is 0. The zero-order chi connectivity index (χ0) is 22.2. The predicted octanol–water partition coefficient (Wildman–Crippen LogP) is 3.98. The lowest BCUT2D eigenvalue weighted by Crippen LogP contribution is -2.36. The lowest BCUT2D eigenvalue weighted by Gasteiger charge is -2.12. The fourth-order valence-corrected chi connectivity index (χ4v) is 3.64. The van der Waals surface area contributed by atoms with Crippen LogP contribution in [0.25, 0.3) is 0 Å². The molecule has 0 heterocycles. The number of anilines is 2. The highest BCUT2D eigenvalue weighted by Crippen LogP contribution is 2.26. The van der Waals surface area contributed by atoms with Crippen molar-refractivity contribution in [3.63, 3.8) is 0 Å². The molecular formula is C24H30N4O3. The Balaban J connectivity index is 1.38. The van der Waals surface area contributed by atoms with Crippen LogP contribution in [-0.4, -0.2) is 30.9 Å². The van der Waals surface area contributed by atoms with E-state index in [9.17, 15) is 14.4 Å². The Morgan fingerprint density at radius 1 is 0.871 bits per heavy atom. The number of carbonyl (C=O) groups excluding carboxylic acids is 3. The van der Waals surface area contributed by atoms with Gasteiger partial charge in [0.25, 0.3) is 5.91 Å². The third-order valence-electron chi connectivity index (χ3n) is 5.69. The number of carbonyl (C=O) groups is 3. The number of hydrogen-bond donors (Lipinski definition) is 4. The van der Waals surface area contributed by atoms with Gasteiger partial charge in [-0.3, -0.25) is 9.59 Å². The van der Waals surface area contributed by atoms with E-state index < -0.39 is 0 Å². The first-order chi connectivity index (χ1) is 14.9. The molecule has 0 atom stereocenters. The van der Waals surface area contributed by atoms with Gasteiger partial charge >= 0.3 is 6.03 Å². The van der Waals surface area contributed by atoms with E-state index in [0.29, 0.717) is 24.3 Å². The van der Waals surface area contributed by atoms with Crippen molar-refractivity contribution in [3.05, 3.63) is 59.2 Å². The van der Waals surface area contributed by atoms with Crippen molar-refractivity contribution < 1.29 is 14.4 Å². The topological polar surface area (TPSA) is 99.3 Å². The molecule has 31 heavy (non-hydrogen) atoms. The van der Waals surface area contributed by atoms with Gasteiger partial charge in [0.1, 0.15) is 0 Å². The highest BCUT2D eigenvalue weighted by atomic mass is 16.2. The summed E-state index contributed by atoms with van der Waals surface area (Å²) in [6.45, 7) is 4.55. The van der Waals surface area contributed by atoms with Crippen LogP contribution in [0.4, 0.5) is 16.2 Å². The average Bonchev–Trinajstić information content (AvgIpc) is 3.30. The molecule has 0 unspecified atom stereocenters. The van der Waals surface area contributed by atoms with Gasteiger partial charge < -0.3 is 21.3 Å². The predicted molar refractivity (Wildman–Crippen MR) is 122 cm³/mol. The lowest BCUT2D eigenvalue weighted by molar-refractivity contribution is -0.119. The summed E-state index contributed by atoms with van der Waals surface area (Å²) < 4.78 is 0. The smallest absolute Gasteiger partial charge is 0.319 e. The summed E-state index contributed by atoms with van der Waals surface area (Å²) in [7, 11) is 0. The van der Waals surface area contributed by atoms with Crippen molar-refractivity contribution >= 4 is 29.2 Å². The molecule has 3 rings (SSSR count). The molecule has 0 aliphatic heterocycles. The second-order valence-corrected chi connectivity index (χ2v) is 7.93. The number of rotatable bonds is 7. The number of benzene rings is 2. The van der Waals surface area contributed by atoms with E-state index in [2.05, 4.69) is 21.3 Å². The number of amides is 4. The molecule has 0 spiro atoms. The quantitative estimate of drug-likeness (QED) is 0.508. The van der Waals surface area contributed by atoms with Crippen molar-refractivity contribution in [1.29, 1.82) is 0 Å². The first-order valence-corrected chi connectivity index (χ1v) is 10.7. The van der Waals surface area contributed by atoms with Crippen LogP contribution in [0, 0.1) is 19.8 Å². The van der Waals surface area contributed by atoms with Crippen molar-refractivity contribution in [2.75, 3.05) is 23.7 Å². The minimum atomic E-state index is -0.315. The van der Waals surface area contributed by atoms with Crippen LogP contribution in [0.1, 0.15) is 47.2 Å². The molecule has 0 aromatic heterocycles. The van der Waals surface area contributed by atoms with Gasteiger partial charge in [-0.05, 0) is 68.1 Å². The summed E-state index contributed by atoms with van der Waals surface area (Å²) in [4.78, 5) is 36.5. The fraction of sp³-hybridized carbons (Fsp3) is 0.375. The Kier molecular flexibility index (Phi) is 7.65. The molecule has 4 amide bonds. The zero-order valence-corrected chi connectivity index (χ0v) is 18.1. The van der Waals surface area contributed by atoms with Crippen molar-refractivity contribution in [1.82, 2.24) is 10.6 Å². The molecule has 1 aliphatic rings. The Morgan fingerprint density at radius 2 is 1.55 bits per heavy atom. The summed E-state index contributed by atoms with van der Waals surface area (Å²) in [5.41, 5.74) is 4.08. The third kappa shape index (κ3) is 6.31. The number of urea groups is 1. The standard InChI is InChI=1S/C24H30N4O3/c1-16-6-5-9-21(17(16)2)28-24(31)26-15-14-25-22(29)19-10-12-20(13-11-19)27-23(30)18-7-3-4-8-18/h5-6,9-13,18H,3-4,7-8,14-15H2,1-2H3,(H,25,29)(H,27,30)(H2,26,28,31). The molecule has 0 bridgehead atoms. The largest absolute Gasteiger partial charge is 0.350 e. The monoisotopic (exact) mass is 422 g/mol. The first kappa shape index (κ1) is 22.3. The maximum atomic E-state index is 12.3. The van der Waals surface area contributed by atoms with E-state index in [1.165, 1.54) is 0 Å². The highest BCUT2D eigenvalue weighted by molar-refractivity contribution is 5.96. The average molecular weight is 423 g/mol. The summed E-state index contributed by atoms with van der Waals surface area (Å²) in [5, 5.41) is 11.2. The molecule has 2 aromatic rings. The lowest BCUT2D eigenvalue weighted by atomic mass is 10.1. The van der Waals surface area contributed by atoms with Gasteiger partial charge in [-0.2, -0.15) is 0 Å². The van der Waals surface area contributed by atoms with E-state index >= 15 is 0 Å². The minimum Gasteiger partial charge on any atom is -0.350 e. The highest BCUT2D eigenvalue weighted by Gasteiger charge is 2.22. The third-order valence-corrected chi connectivity index (χ3v) is 5.69. The Hall–Kier alpha value is -3.35. The Labute approximate surface area is 183 Å². The van der Waals surface area contributed by atoms with Crippen LogP contribution >= 0.6 is 0 Å². The second-order valence-electron chi connectivity index (χ2n) is 7.93. The van der Waals surface area contributed by atoms with Crippen molar-refractivity contribution in [2.45, 2.75) is 39.5 Å². The van der Waals surface area contributed by atoms with Gasteiger partial charge in [0.05, 0.1) is 0 Å². The minimum absolute atomic E-state index is 0.0555. The Bertz CT molecular complexity index is 934. The second kappa shape index (κ2) is 10.6. The maximum Gasteiger partial charge on any atom is 0.319 e. The van der Waals surface area contributed by atoms with Crippen LogP contribution < -0.4 is 21.3 Å². The van der Waals surface area contributed by atoms with Gasteiger partial charge in [-0.15, -0.1) is 0 Å². The number of aryl methyl sites for hydroxylation is 1. The number of nitrogens with one attached hydrogen (secondary N) is 4. The van der Waals surface area contributed by atoms with Crippen molar-refractivity contribution in [3.8, 4) is 0 Å². The van der Waals surface area contributed by atoms with Crippen LogP contribution in [0.2, 0.25) is 0 Å². The van der Waals surface area contributed by atoms with E-state index in [1.807, 2.05) is 32.0 Å². The molecule has 0 radical (unpaired) electrons. The molecule has 1 aliphatic carbocycles. The molecule has 7 nitrogen and oxygen atoms in total. The molecule has 2 aromatic carbocycles. The van der Waals surface area contributed by atoms with Gasteiger partial charge in [0.15, 0.2) is 0 Å². The van der Waals surface area contributed by atoms with Gasteiger partial charge in [0, 0.05) is 35.9 Å². The zero-order valence-electron chi connectivity index (χ0n) is 18.1. The molecular weight excluding hydrogens is 392 g/mol. The molecule has 7 heteroatoms. The normalized spacial score (nSPS) is 13.5. The molecule has 1 fully saturated rings. The number of hydrogen-bond acceptors (Lipinski definition) is 3. The van der Waals surface area contributed by atoms with Crippen LogP contribution in [0.15, 0.2) is 42.5 Å². The fourth-order valence-electron chi connectivity index (χ4n) is 3.64. The molecule has 4 N–H and O–H groups in total. The van der Waals surface area contributed by atoms with E-state index in [-0.39, 0.29) is 23.8 Å². The van der Waals surface area contributed by atoms with Gasteiger partial charge in [0.2, 0.25) is 5.91 Å². The molecule has 0 saturated heterocycles. The summed E-state index contributed by atoms with van der Waals surface area (Å²) in [6, 6.07) is 12.2. The van der Waals surface area contributed by atoms with E-state index in [1.54, 1.807) is 24.3 Å². The van der Waals surface area contributed by atoms with Gasteiger partial charge in [-0.1, -0.05) is 25.0 Å². The van der Waals surface area contributed by atoms with Crippen LogP contribution in [0.5, 0.6) is 0 Å². The van der Waals surface area contributed by atoms with Crippen molar-refractivity contribution in [2.24, 2.45) is 5.92 Å². The maximum absolute atomic E-state index is 12.3.